The summed E-state index contributed by atoms with van der Waals surface area (Å²) in [4.78, 5) is 2.31. The quantitative estimate of drug-likeness (QED) is 0.777. The lowest BCUT2D eigenvalue weighted by molar-refractivity contribution is 0.309. The Labute approximate surface area is 92.1 Å². The van der Waals surface area contributed by atoms with Gasteiger partial charge in [-0.3, -0.25) is 4.68 Å². The first-order valence-corrected chi connectivity index (χ1v) is 5.68. The summed E-state index contributed by atoms with van der Waals surface area (Å²) in [7, 11) is 2.14. The Balaban J connectivity index is 2.54. The highest BCUT2D eigenvalue weighted by molar-refractivity contribution is 5.29. The molecule has 1 aromatic rings. The van der Waals surface area contributed by atoms with E-state index in [0.717, 1.165) is 19.6 Å². The van der Waals surface area contributed by atoms with Crippen molar-refractivity contribution in [3.63, 3.8) is 0 Å². The van der Waals surface area contributed by atoms with E-state index in [2.05, 4.69) is 30.9 Å². The molecule has 0 aliphatic rings. The van der Waals surface area contributed by atoms with Gasteiger partial charge in [0.05, 0.1) is 5.69 Å². The van der Waals surface area contributed by atoms with E-state index in [0.29, 0.717) is 5.82 Å². The molecule has 0 unspecified atom stereocenters. The van der Waals surface area contributed by atoms with Gasteiger partial charge < -0.3 is 10.6 Å². The highest BCUT2D eigenvalue weighted by atomic mass is 15.3. The van der Waals surface area contributed by atoms with Gasteiger partial charge in [-0.15, -0.1) is 0 Å². The van der Waals surface area contributed by atoms with Gasteiger partial charge in [0.1, 0.15) is 5.82 Å². The van der Waals surface area contributed by atoms with Crippen LogP contribution >= 0.6 is 0 Å². The third-order valence-electron chi connectivity index (χ3n) is 2.51. The van der Waals surface area contributed by atoms with E-state index in [1.54, 1.807) is 0 Å². The van der Waals surface area contributed by atoms with Crippen molar-refractivity contribution < 1.29 is 0 Å². The fourth-order valence-corrected chi connectivity index (χ4v) is 1.66. The molecular weight excluding hydrogens is 188 g/mol. The second-order valence-electron chi connectivity index (χ2n) is 3.97. The molecule has 0 saturated heterocycles. The van der Waals surface area contributed by atoms with Gasteiger partial charge in [-0.1, -0.05) is 13.3 Å². The molecule has 0 atom stereocenters. The van der Waals surface area contributed by atoms with Gasteiger partial charge in [-0.25, -0.2) is 0 Å². The van der Waals surface area contributed by atoms with Gasteiger partial charge in [0.25, 0.3) is 0 Å². The first-order valence-electron chi connectivity index (χ1n) is 5.68. The van der Waals surface area contributed by atoms with Gasteiger partial charge in [0.15, 0.2) is 0 Å². The Bertz CT molecular complexity index is 293. The van der Waals surface area contributed by atoms with Gasteiger partial charge in [-0.2, -0.15) is 5.10 Å². The molecule has 0 fully saturated rings. The number of aryl methyl sites for hydroxylation is 1. The lowest BCUT2D eigenvalue weighted by atomic mass is 10.3. The van der Waals surface area contributed by atoms with Crippen molar-refractivity contribution in [2.75, 3.05) is 19.3 Å². The van der Waals surface area contributed by atoms with Crippen LogP contribution in [0.1, 0.15) is 32.4 Å². The molecule has 0 bridgehead atoms. The van der Waals surface area contributed by atoms with Crippen molar-refractivity contribution in [1.29, 1.82) is 0 Å². The molecule has 86 valence electrons. The zero-order valence-electron chi connectivity index (χ0n) is 10.0. The summed E-state index contributed by atoms with van der Waals surface area (Å²) in [5, 5.41) is 4.23. The summed E-state index contributed by atoms with van der Waals surface area (Å²) < 4.78 is 1.97. The second kappa shape index (κ2) is 5.75. The zero-order valence-corrected chi connectivity index (χ0v) is 10.0. The molecule has 0 amide bonds. The average molecular weight is 210 g/mol. The van der Waals surface area contributed by atoms with Crippen LogP contribution in [0.15, 0.2) is 6.07 Å². The summed E-state index contributed by atoms with van der Waals surface area (Å²) in [5.41, 5.74) is 6.88. The molecule has 0 spiro atoms. The van der Waals surface area contributed by atoms with Gasteiger partial charge in [0, 0.05) is 19.2 Å². The SMILES string of the molecule is CCCCN(C)Cc1cc(N)nn1CC. The standard InChI is InChI=1S/C11H22N4/c1-4-6-7-14(3)9-10-8-11(12)13-15(10)5-2/h8H,4-7,9H2,1-3H3,(H2,12,13). The monoisotopic (exact) mass is 210 g/mol. The first-order chi connectivity index (χ1) is 7.17. The Morgan fingerprint density at radius 1 is 1.47 bits per heavy atom. The van der Waals surface area contributed by atoms with Crippen LogP contribution in [0.25, 0.3) is 0 Å². The predicted octanol–water partition coefficient (Wildman–Crippen LogP) is 1.72. The molecule has 1 heterocycles. The van der Waals surface area contributed by atoms with Crippen LogP contribution in [0.4, 0.5) is 5.82 Å². The van der Waals surface area contributed by atoms with E-state index >= 15 is 0 Å². The number of unbranched alkanes of at least 4 members (excludes halogenated alkanes) is 1. The van der Waals surface area contributed by atoms with Crippen LogP contribution in [-0.4, -0.2) is 28.3 Å². The van der Waals surface area contributed by atoms with Crippen molar-refractivity contribution in [3.05, 3.63) is 11.8 Å². The molecular formula is C11H22N4. The number of nitrogen functional groups attached to an aromatic ring is 1. The van der Waals surface area contributed by atoms with E-state index in [1.807, 2.05) is 10.7 Å². The molecule has 2 N–H and O–H groups in total. The van der Waals surface area contributed by atoms with Crippen molar-refractivity contribution in [2.24, 2.45) is 0 Å². The number of hydrogen-bond acceptors (Lipinski definition) is 3. The molecule has 1 aromatic heterocycles. The van der Waals surface area contributed by atoms with E-state index < -0.39 is 0 Å². The van der Waals surface area contributed by atoms with Gasteiger partial charge in [-0.05, 0) is 26.9 Å². The van der Waals surface area contributed by atoms with Gasteiger partial charge >= 0.3 is 0 Å². The van der Waals surface area contributed by atoms with Crippen molar-refractivity contribution in [1.82, 2.24) is 14.7 Å². The summed E-state index contributed by atoms with van der Waals surface area (Å²) in [6.07, 6.45) is 2.48. The fourth-order valence-electron chi connectivity index (χ4n) is 1.66. The second-order valence-corrected chi connectivity index (χ2v) is 3.97. The number of rotatable bonds is 6. The summed E-state index contributed by atoms with van der Waals surface area (Å²) in [5.74, 6) is 0.621. The highest BCUT2D eigenvalue weighted by Gasteiger charge is 2.06. The minimum absolute atomic E-state index is 0.621. The van der Waals surface area contributed by atoms with E-state index in [4.69, 9.17) is 5.73 Å². The smallest absolute Gasteiger partial charge is 0.145 e. The molecule has 0 radical (unpaired) electrons. The summed E-state index contributed by atoms with van der Waals surface area (Å²) in [6, 6.07) is 1.96. The largest absolute Gasteiger partial charge is 0.382 e. The zero-order chi connectivity index (χ0) is 11.3. The van der Waals surface area contributed by atoms with Crippen molar-refractivity contribution >= 4 is 5.82 Å². The highest BCUT2D eigenvalue weighted by Crippen LogP contribution is 2.08. The molecule has 1 rings (SSSR count). The molecule has 15 heavy (non-hydrogen) atoms. The van der Waals surface area contributed by atoms with Crippen LogP contribution in [0, 0.1) is 0 Å². The molecule has 0 saturated carbocycles. The number of aromatic nitrogens is 2. The Hall–Kier alpha value is -1.03. The van der Waals surface area contributed by atoms with Crippen LogP contribution in [0.5, 0.6) is 0 Å². The lowest BCUT2D eigenvalue weighted by Gasteiger charge is -2.16. The Kier molecular flexibility index (Phi) is 4.62. The molecule has 0 aliphatic heterocycles. The summed E-state index contributed by atoms with van der Waals surface area (Å²) >= 11 is 0. The predicted molar refractivity (Wildman–Crippen MR) is 63.6 cm³/mol. The average Bonchev–Trinajstić information content (AvgIpc) is 2.55. The van der Waals surface area contributed by atoms with E-state index in [-0.39, 0.29) is 0 Å². The van der Waals surface area contributed by atoms with Crippen LogP contribution in [0.2, 0.25) is 0 Å². The topological polar surface area (TPSA) is 47.1 Å². The molecule has 0 aromatic carbocycles. The van der Waals surface area contributed by atoms with Crippen LogP contribution in [0.3, 0.4) is 0 Å². The number of hydrogen-bond donors (Lipinski definition) is 1. The maximum atomic E-state index is 5.68. The number of nitrogens with zero attached hydrogens (tertiary/aromatic N) is 3. The van der Waals surface area contributed by atoms with E-state index in [9.17, 15) is 0 Å². The Morgan fingerprint density at radius 2 is 2.20 bits per heavy atom. The number of nitrogens with two attached hydrogens (primary N) is 1. The molecule has 4 heteroatoms. The lowest BCUT2D eigenvalue weighted by Crippen LogP contribution is -2.21. The summed E-state index contributed by atoms with van der Waals surface area (Å²) in [6.45, 7) is 7.24. The molecule has 0 aliphatic carbocycles. The fraction of sp³-hybridized carbons (Fsp3) is 0.727. The first kappa shape index (κ1) is 12.0. The van der Waals surface area contributed by atoms with E-state index in [1.165, 1.54) is 18.5 Å². The van der Waals surface area contributed by atoms with Crippen LogP contribution in [-0.2, 0) is 13.1 Å². The molecule has 4 nitrogen and oxygen atoms in total. The third kappa shape index (κ3) is 3.55. The Morgan fingerprint density at radius 3 is 2.80 bits per heavy atom. The number of anilines is 1. The van der Waals surface area contributed by atoms with Crippen molar-refractivity contribution in [3.8, 4) is 0 Å². The maximum Gasteiger partial charge on any atom is 0.145 e. The normalized spacial score (nSPS) is 11.2. The van der Waals surface area contributed by atoms with Gasteiger partial charge in [0.2, 0.25) is 0 Å². The minimum atomic E-state index is 0.621. The van der Waals surface area contributed by atoms with Crippen LogP contribution < -0.4 is 5.73 Å². The maximum absolute atomic E-state index is 5.68. The minimum Gasteiger partial charge on any atom is -0.382 e. The third-order valence-corrected chi connectivity index (χ3v) is 2.51. The van der Waals surface area contributed by atoms with Crippen molar-refractivity contribution in [2.45, 2.75) is 39.8 Å².